The minimum Gasteiger partial charge on any atom is -0.477 e. The van der Waals surface area contributed by atoms with Crippen LogP contribution in [0.15, 0.2) is 6.20 Å². The first-order valence-corrected chi connectivity index (χ1v) is 6.32. The van der Waals surface area contributed by atoms with E-state index in [9.17, 15) is 0 Å². The Morgan fingerprint density at radius 3 is 2.82 bits per heavy atom. The van der Waals surface area contributed by atoms with E-state index < -0.39 is 0 Å². The third-order valence-electron chi connectivity index (χ3n) is 2.38. The van der Waals surface area contributed by atoms with E-state index in [1.165, 1.54) is 0 Å². The highest BCUT2D eigenvalue weighted by Gasteiger charge is 2.07. The van der Waals surface area contributed by atoms with Crippen molar-refractivity contribution in [3.05, 3.63) is 17.6 Å². The Morgan fingerprint density at radius 1 is 1.41 bits per heavy atom. The van der Waals surface area contributed by atoms with Crippen LogP contribution in [0, 0.1) is 6.92 Å². The van der Waals surface area contributed by atoms with Gasteiger partial charge in [-0.25, -0.2) is 4.98 Å². The van der Waals surface area contributed by atoms with Crippen LogP contribution in [-0.4, -0.2) is 22.6 Å². The molecule has 1 aromatic heterocycles. The molecule has 0 radical (unpaired) electrons. The maximum absolute atomic E-state index is 5.70. The van der Waals surface area contributed by atoms with Crippen molar-refractivity contribution < 1.29 is 4.74 Å². The second kappa shape index (κ2) is 7.22. The van der Waals surface area contributed by atoms with Gasteiger partial charge in [-0.05, 0) is 13.3 Å². The summed E-state index contributed by atoms with van der Waals surface area (Å²) in [7, 11) is 0. The van der Waals surface area contributed by atoms with Crippen LogP contribution in [-0.2, 0) is 6.54 Å². The van der Waals surface area contributed by atoms with E-state index in [2.05, 4.69) is 36.1 Å². The van der Waals surface area contributed by atoms with Gasteiger partial charge in [0.25, 0.3) is 0 Å². The summed E-state index contributed by atoms with van der Waals surface area (Å²) in [6.45, 7) is 9.74. The van der Waals surface area contributed by atoms with Gasteiger partial charge in [0.15, 0.2) is 0 Å². The molecule has 1 heterocycles. The number of unbranched alkanes of at least 4 members (excludes halogenated alkanes) is 1. The fourth-order valence-electron chi connectivity index (χ4n) is 1.35. The topological polar surface area (TPSA) is 47.0 Å². The van der Waals surface area contributed by atoms with Crippen molar-refractivity contribution in [1.29, 1.82) is 0 Å². The van der Waals surface area contributed by atoms with Gasteiger partial charge in [0.1, 0.15) is 5.82 Å². The van der Waals surface area contributed by atoms with Gasteiger partial charge in [-0.3, -0.25) is 0 Å². The molecule has 0 amide bonds. The van der Waals surface area contributed by atoms with Gasteiger partial charge in [0.05, 0.1) is 6.61 Å². The number of nitrogens with one attached hydrogen (secondary N) is 1. The third-order valence-corrected chi connectivity index (χ3v) is 2.38. The van der Waals surface area contributed by atoms with Crippen LogP contribution in [0.25, 0.3) is 0 Å². The van der Waals surface area contributed by atoms with Crippen LogP contribution < -0.4 is 10.1 Å². The average Bonchev–Trinajstić information content (AvgIpc) is 2.28. The summed E-state index contributed by atoms with van der Waals surface area (Å²) in [6, 6.07) is 0.444. The maximum Gasteiger partial charge on any atom is 0.221 e. The third kappa shape index (κ3) is 5.13. The predicted octanol–water partition coefficient (Wildman–Crippen LogP) is 2.46. The summed E-state index contributed by atoms with van der Waals surface area (Å²) in [6.07, 6.45) is 4.03. The van der Waals surface area contributed by atoms with E-state index >= 15 is 0 Å². The van der Waals surface area contributed by atoms with Crippen molar-refractivity contribution in [2.75, 3.05) is 6.61 Å². The average molecular weight is 237 g/mol. The SMILES string of the molecule is CCCCOc1nc(C)ncc1CNC(C)C. The van der Waals surface area contributed by atoms with Gasteiger partial charge in [-0.2, -0.15) is 4.98 Å². The van der Waals surface area contributed by atoms with Gasteiger partial charge in [-0.15, -0.1) is 0 Å². The molecule has 0 atom stereocenters. The van der Waals surface area contributed by atoms with Crippen molar-refractivity contribution in [3.8, 4) is 5.88 Å². The fraction of sp³-hybridized carbons (Fsp3) is 0.692. The summed E-state index contributed by atoms with van der Waals surface area (Å²) in [5.74, 6) is 1.48. The minimum atomic E-state index is 0.444. The summed E-state index contributed by atoms with van der Waals surface area (Å²) in [4.78, 5) is 8.56. The zero-order valence-corrected chi connectivity index (χ0v) is 11.3. The van der Waals surface area contributed by atoms with E-state index in [-0.39, 0.29) is 0 Å². The molecule has 1 N–H and O–H groups in total. The molecular formula is C13H23N3O. The van der Waals surface area contributed by atoms with E-state index in [1.807, 2.05) is 13.1 Å². The fourth-order valence-corrected chi connectivity index (χ4v) is 1.35. The Bertz CT molecular complexity index is 339. The molecule has 0 aromatic carbocycles. The lowest BCUT2D eigenvalue weighted by molar-refractivity contribution is 0.292. The molecule has 0 spiro atoms. The number of ether oxygens (including phenoxy) is 1. The van der Waals surface area contributed by atoms with Crippen molar-refractivity contribution in [3.63, 3.8) is 0 Å². The minimum absolute atomic E-state index is 0.444. The number of hydrogen-bond donors (Lipinski definition) is 1. The second-order valence-corrected chi connectivity index (χ2v) is 4.49. The van der Waals surface area contributed by atoms with Gasteiger partial charge in [-0.1, -0.05) is 27.2 Å². The Hall–Kier alpha value is -1.16. The van der Waals surface area contributed by atoms with E-state index in [0.717, 1.165) is 43.3 Å². The van der Waals surface area contributed by atoms with E-state index in [1.54, 1.807) is 0 Å². The van der Waals surface area contributed by atoms with Gasteiger partial charge < -0.3 is 10.1 Å². The summed E-state index contributed by atoms with van der Waals surface area (Å²) in [5.41, 5.74) is 1.03. The molecule has 0 unspecified atom stereocenters. The van der Waals surface area contributed by atoms with Crippen molar-refractivity contribution >= 4 is 0 Å². The molecule has 4 heteroatoms. The van der Waals surface area contributed by atoms with E-state index in [4.69, 9.17) is 4.74 Å². The maximum atomic E-state index is 5.70. The first-order chi connectivity index (χ1) is 8.13. The predicted molar refractivity (Wildman–Crippen MR) is 69.1 cm³/mol. The van der Waals surface area contributed by atoms with E-state index in [0.29, 0.717) is 6.04 Å². The Morgan fingerprint density at radius 2 is 2.18 bits per heavy atom. The normalized spacial score (nSPS) is 10.9. The second-order valence-electron chi connectivity index (χ2n) is 4.49. The summed E-state index contributed by atoms with van der Waals surface area (Å²) in [5, 5.41) is 3.35. The molecule has 1 aromatic rings. The van der Waals surface area contributed by atoms with Gasteiger partial charge in [0.2, 0.25) is 5.88 Å². The number of aryl methyl sites for hydroxylation is 1. The lowest BCUT2D eigenvalue weighted by Gasteiger charge is -2.12. The molecule has 0 aliphatic rings. The monoisotopic (exact) mass is 237 g/mol. The number of hydrogen-bond acceptors (Lipinski definition) is 4. The highest BCUT2D eigenvalue weighted by Crippen LogP contribution is 2.15. The molecule has 0 saturated heterocycles. The van der Waals surface area contributed by atoms with Crippen LogP contribution in [0.2, 0.25) is 0 Å². The number of aromatic nitrogens is 2. The number of rotatable bonds is 7. The zero-order valence-electron chi connectivity index (χ0n) is 11.3. The highest BCUT2D eigenvalue weighted by molar-refractivity contribution is 5.23. The van der Waals surface area contributed by atoms with Crippen LogP contribution in [0.5, 0.6) is 5.88 Å². The highest BCUT2D eigenvalue weighted by atomic mass is 16.5. The van der Waals surface area contributed by atoms with Crippen LogP contribution in [0.1, 0.15) is 45.0 Å². The largest absolute Gasteiger partial charge is 0.477 e. The molecule has 17 heavy (non-hydrogen) atoms. The molecule has 0 saturated carbocycles. The van der Waals surface area contributed by atoms with Crippen LogP contribution >= 0.6 is 0 Å². The zero-order chi connectivity index (χ0) is 12.7. The lowest BCUT2D eigenvalue weighted by Crippen LogP contribution is -2.22. The lowest BCUT2D eigenvalue weighted by atomic mass is 10.3. The molecule has 96 valence electrons. The smallest absolute Gasteiger partial charge is 0.221 e. The quantitative estimate of drug-likeness (QED) is 0.740. The molecule has 4 nitrogen and oxygen atoms in total. The molecule has 0 fully saturated rings. The molecule has 0 aliphatic carbocycles. The van der Waals surface area contributed by atoms with Crippen molar-refractivity contribution in [2.24, 2.45) is 0 Å². The number of nitrogens with zero attached hydrogens (tertiary/aromatic N) is 2. The van der Waals surface area contributed by atoms with Gasteiger partial charge in [0, 0.05) is 24.3 Å². The first-order valence-electron chi connectivity index (χ1n) is 6.32. The Labute approximate surface area is 104 Å². The molecule has 0 aliphatic heterocycles. The van der Waals surface area contributed by atoms with Crippen LogP contribution in [0.3, 0.4) is 0 Å². The molecule has 1 rings (SSSR count). The Balaban J connectivity index is 2.66. The standard InChI is InChI=1S/C13H23N3O/c1-5-6-7-17-13-12(8-14-10(2)3)9-15-11(4)16-13/h9-10,14H,5-8H2,1-4H3. The Kier molecular flexibility index (Phi) is 5.91. The van der Waals surface area contributed by atoms with Gasteiger partial charge >= 0.3 is 0 Å². The van der Waals surface area contributed by atoms with Crippen molar-refractivity contribution in [1.82, 2.24) is 15.3 Å². The summed E-state index contributed by atoms with van der Waals surface area (Å²) < 4.78 is 5.70. The molecular weight excluding hydrogens is 214 g/mol. The van der Waals surface area contributed by atoms with Crippen molar-refractivity contribution in [2.45, 2.75) is 53.1 Å². The molecule has 0 bridgehead atoms. The van der Waals surface area contributed by atoms with Crippen LogP contribution in [0.4, 0.5) is 0 Å². The summed E-state index contributed by atoms with van der Waals surface area (Å²) >= 11 is 0. The first kappa shape index (κ1) is 13.9.